The lowest BCUT2D eigenvalue weighted by atomic mass is 10.00. The van der Waals surface area contributed by atoms with E-state index in [0.29, 0.717) is 0 Å². The Kier molecular flexibility index (Phi) is 6.51. The summed E-state index contributed by atoms with van der Waals surface area (Å²) in [7, 11) is 0. The molecule has 124 valence electrons. The molecule has 0 radical (unpaired) electrons. The number of rotatable bonds is 7. The molecule has 1 aromatic rings. The fourth-order valence-corrected chi connectivity index (χ4v) is 1.83. The van der Waals surface area contributed by atoms with Gasteiger partial charge in [-0.2, -0.15) is 0 Å². The van der Waals surface area contributed by atoms with Gasteiger partial charge in [0.25, 0.3) is 5.69 Å². The van der Waals surface area contributed by atoms with Crippen molar-refractivity contribution in [3.05, 3.63) is 39.9 Å². The molecule has 0 bridgehead atoms. The molecule has 0 saturated carbocycles. The Morgan fingerprint density at radius 2 is 1.83 bits per heavy atom. The number of nitro groups is 1. The highest BCUT2D eigenvalue weighted by molar-refractivity contribution is 5.89. The molecule has 1 aromatic carbocycles. The molecule has 0 aliphatic rings. The number of carbonyl (C=O) groups excluding carboxylic acids is 2. The van der Waals surface area contributed by atoms with Crippen LogP contribution in [-0.4, -0.2) is 29.1 Å². The van der Waals surface area contributed by atoms with Crippen molar-refractivity contribution in [1.29, 1.82) is 0 Å². The molecular weight excluding hydrogens is 314 g/mol. The largest absolute Gasteiger partial charge is 0.462 e. The number of carbonyl (C=O) groups is 2. The molecule has 0 saturated heterocycles. The van der Waals surface area contributed by atoms with Gasteiger partial charge in [-0.25, -0.2) is 4.79 Å². The third kappa shape index (κ3) is 5.15. The number of hydrogen-bond acceptors (Lipinski definition) is 6. The Morgan fingerprint density at radius 1 is 1.25 bits per heavy atom. The van der Waals surface area contributed by atoms with Crippen molar-refractivity contribution >= 4 is 17.6 Å². The lowest BCUT2D eigenvalue weighted by Crippen LogP contribution is -2.31. The lowest BCUT2D eigenvalue weighted by Gasteiger charge is -2.21. The molecule has 0 aliphatic carbocycles. The van der Waals surface area contributed by atoms with E-state index in [9.17, 15) is 19.7 Å². The standard InChI is InChI=1S/C17H15NO6/c1-4-17(5-2,24-13(3)19)11-6-12-23-16(20)14-7-9-15(10-8-14)18(21)22/h1-2,7-10H,6,11-12H2,3H3. The van der Waals surface area contributed by atoms with Crippen LogP contribution in [0.1, 0.15) is 30.1 Å². The van der Waals surface area contributed by atoms with Crippen molar-refractivity contribution in [3.63, 3.8) is 0 Å². The minimum atomic E-state index is -1.47. The quantitative estimate of drug-likeness (QED) is 0.250. The van der Waals surface area contributed by atoms with Gasteiger partial charge in [0, 0.05) is 25.5 Å². The van der Waals surface area contributed by atoms with E-state index >= 15 is 0 Å². The van der Waals surface area contributed by atoms with Crippen molar-refractivity contribution in [2.75, 3.05) is 6.61 Å². The van der Waals surface area contributed by atoms with Crippen LogP contribution in [0.15, 0.2) is 24.3 Å². The molecule has 0 N–H and O–H groups in total. The molecular formula is C17H15NO6. The van der Waals surface area contributed by atoms with Gasteiger partial charge in [0.2, 0.25) is 5.60 Å². The Balaban J connectivity index is 2.53. The fraction of sp³-hybridized carbons (Fsp3) is 0.294. The molecule has 0 fully saturated rings. The zero-order valence-electron chi connectivity index (χ0n) is 13.0. The maximum Gasteiger partial charge on any atom is 0.338 e. The van der Waals surface area contributed by atoms with Gasteiger partial charge >= 0.3 is 11.9 Å². The SMILES string of the molecule is C#CC(C#C)(CCCOC(=O)c1ccc([N+](=O)[O-])cc1)OC(C)=O. The Labute approximate surface area is 139 Å². The predicted molar refractivity (Wildman–Crippen MR) is 84.8 cm³/mol. The Morgan fingerprint density at radius 3 is 2.29 bits per heavy atom. The molecule has 0 atom stereocenters. The first-order chi connectivity index (χ1) is 11.3. The number of nitro benzene ring substituents is 1. The van der Waals surface area contributed by atoms with E-state index in [1.165, 1.54) is 31.2 Å². The van der Waals surface area contributed by atoms with Crippen LogP contribution in [0.2, 0.25) is 0 Å². The van der Waals surface area contributed by atoms with Gasteiger partial charge in [0.05, 0.1) is 17.1 Å². The van der Waals surface area contributed by atoms with Crippen LogP contribution in [-0.2, 0) is 14.3 Å². The van der Waals surface area contributed by atoms with Crippen LogP contribution in [0, 0.1) is 34.8 Å². The van der Waals surface area contributed by atoms with E-state index in [2.05, 4.69) is 11.8 Å². The van der Waals surface area contributed by atoms with Crippen molar-refractivity contribution in [2.24, 2.45) is 0 Å². The summed E-state index contributed by atoms with van der Waals surface area (Å²) in [5.41, 5.74) is -1.41. The summed E-state index contributed by atoms with van der Waals surface area (Å²) in [6, 6.07) is 5.01. The van der Waals surface area contributed by atoms with Crippen molar-refractivity contribution in [3.8, 4) is 24.7 Å². The highest BCUT2D eigenvalue weighted by Gasteiger charge is 2.28. The summed E-state index contributed by atoms with van der Waals surface area (Å²) in [6.07, 6.45) is 11.0. The molecule has 0 amide bonds. The highest BCUT2D eigenvalue weighted by atomic mass is 16.6. The molecule has 1 rings (SSSR count). The first-order valence-electron chi connectivity index (χ1n) is 6.90. The predicted octanol–water partition coefficient (Wildman–Crippen LogP) is 2.10. The lowest BCUT2D eigenvalue weighted by molar-refractivity contribution is -0.384. The van der Waals surface area contributed by atoms with E-state index in [0.717, 1.165) is 0 Å². The second-order valence-corrected chi connectivity index (χ2v) is 4.75. The van der Waals surface area contributed by atoms with Crippen LogP contribution < -0.4 is 0 Å². The van der Waals surface area contributed by atoms with Gasteiger partial charge in [-0.1, -0.05) is 0 Å². The number of non-ortho nitro benzene ring substituents is 1. The first kappa shape index (κ1) is 18.7. The van der Waals surface area contributed by atoms with E-state index in [-0.39, 0.29) is 30.7 Å². The van der Waals surface area contributed by atoms with Gasteiger partial charge in [-0.15, -0.1) is 12.8 Å². The Hall–Kier alpha value is -3.32. The summed E-state index contributed by atoms with van der Waals surface area (Å²) in [4.78, 5) is 32.8. The third-order valence-corrected chi connectivity index (χ3v) is 3.00. The number of hydrogen-bond donors (Lipinski definition) is 0. The van der Waals surface area contributed by atoms with E-state index in [1.54, 1.807) is 0 Å². The summed E-state index contributed by atoms with van der Waals surface area (Å²) in [5.74, 6) is 3.26. The maximum atomic E-state index is 11.8. The van der Waals surface area contributed by atoms with Gasteiger partial charge < -0.3 is 9.47 Å². The van der Waals surface area contributed by atoms with Crippen LogP contribution in [0.5, 0.6) is 0 Å². The van der Waals surface area contributed by atoms with Crippen LogP contribution in [0.25, 0.3) is 0 Å². The van der Waals surface area contributed by atoms with Crippen molar-refractivity contribution in [1.82, 2.24) is 0 Å². The van der Waals surface area contributed by atoms with Gasteiger partial charge in [0.1, 0.15) is 0 Å². The number of nitrogens with zero attached hydrogens (tertiary/aromatic N) is 1. The van der Waals surface area contributed by atoms with Crippen LogP contribution in [0.3, 0.4) is 0 Å². The Bertz CT molecular complexity index is 694. The van der Waals surface area contributed by atoms with Crippen molar-refractivity contribution in [2.45, 2.75) is 25.4 Å². The fourth-order valence-electron chi connectivity index (χ4n) is 1.83. The second-order valence-electron chi connectivity index (χ2n) is 4.75. The topological polar surface area (TPSA) is 95.7 Å². The van der Waals surface area contributed by atoms with E-state index in [1.807, 2.05) is 0 Å². The van der Waals surface area contributed by atoms with Crippen LogP contribution in [0.4, 0.5) is 5.69 Å². The second kappa shape index (κ2) is 8.35. The average molecular weight is 329 g/mol. The molecule has 0 aliphatic heterocycles. The van der Waals surface area contributed by atoms with Gasteiger partial charge in [-0.3, -0.25) is 14.9 Å². The first-order valence-corrected chi connectivity index (χ1v) is 6.90. The maximum absolute atomic E-state index is 11.8. The normalized spacial score (nSPS) is 10.1. The van der Waals surface area contributed by atoms with Gasteiger partial charge in [0.15, 0.2) is 0 Å². The van der Waals surface area contributed by atoms with E-state index < -0.39 is 22.5 Å². The summed E-state index contributed by atoms with van der Waals surface area (Å²) in [6.45, 7) is 1.19. The number of benzene rings is 1. The zero-order chi connectivity index (χ0) is 18.2. The minimum absolute atomic E-state index is 0.00218. The average Bonchev–Trinajstić information content (AvgIpc) is 2.57. The third-order valence-electron chi connectivity index (χ3n) is 3.00. The smallest absolute Gasteiger partial charge is 0.338 e. The number of terminal acetylenes is 2. The number of ether oxygens (including phenoxy) is 2. The summed E-state index contributed by atoms with van der Waals surface area (Å²) in [5, 5.41) is 10.5. The van der Waals surface area contributed by atoms with Crippen molar-refractivity contribution < 1.29 is 24.0 Å². The number of esters is 2. The zero-order valence-corrected chi connectivity index (χ0v) is 13.0. The summed E-state index contributed by atoms with van der Waals surface area (Å²) >= 11 is 0. The monoisotopic (exact) mass is 329 g/mol. The van der Waals surface area contributed by atoms with Gasteiger partial charge in [-0.05, 0) is 30.4 Å². The molecule has 7 heteroatoms. The minimum Gasteiger partial charge on any atom is -0.462 e. The molecule has 0 heterocycles. The highest BCUT2D eigenvalue weighted by Crippen LogP contribution is 2.18. The molecule has 0 spiro atoms. The van der Waals surface area contributed by atoms with E-state index in [4.69, 9.17) is 22.3 Å². The molecule has 24 heavy (non-hydrogen) atoms. The molecule has 7 nitrogen and oxygen atoms in total. The van der Waals surface area contributed by atoms with Crippen LogP contribution >= 0.6 is 0 Å². The molecule has 0 aromatic heterocycles. The molecule has 0 unspecified atom stereocenters. The summed E-state index contributed by atoms with van der Waals surface area (Å²) < 4.78 is 9.98.